The van der Waals surface area contributed by atoms with Gasteiger partial charge in [-0.1, -0.05) is 6.07 Å². The van der Waals surface area contributed by atoms with Crippen molar-refractivity contribution in [3.05, 3.63) is 46.3 Å². The van der Waals surface area contributed by atoms with E-state index in [1.165, 1.54) is 0 Å². The second-order valence-corrected chi connectivity index (χ2v) is 6.60. The predicted octanol–water partition coefficient (Wildman–Crippen LogP) is 2.95. The largest absolute Gasteiger partial charge is 0.463 e. The van der Waals surface area contributed by atoms with Crippen molar-refractivity contribution < 1.29 is 23.8 Å². The molecule has 3 aliphatic rings. The molecule has 0 fully saturated rings. The third-order valence-corrected chi connectivity index (χ3v) is 5.00. The summed E-state index contributed by atoms with van der Waals surface area (Å²) >= 11 is 0. The highest BCUT2D eigenvalue weighted by Gasteiger charge is 2.39. The number of allylic oxidation sites excluding steroid dienone is 3. The smallest absolute Gasteiger partial charge is 0.336 e. The first-order chi connectivity index (χ1) is 12.6. The summed E-state index contributed by atoms with van der Waals surface area (Å²) in [5.41, 5.74) is 3.64. The van der Waals surface area contributed by atoms with Crippen LogP contribution in [-0.2, 0) is 14.3 Å². The number of carbonyl (C=O) groups is 2. The Morgan fingerprint density at radius 1 is 1.27 bits per heavy atom. The number of ketones is 1. The van der Waals surface area contributed by atoms with E-state index in [1.807, 2.05) is 25.1 Å². The van der Waals surface area contributed by atoms with Crippen LogP contribution in [0.3, 0.4) is 0 Å². The highest BCUT2D eigenvalue weighted by molar-refractivity contribution is 6.03. The van der Waals surface area contributed by atoms with E-state index in [0.717, 1.165) is 29.8 Å². The zero-order chi connectivity index (χ0) is 18.3. The highest BCUT2D eigenvalue weighted by Crippen LogP contribution is 2.45. The fourth-order valence-corrected chi connectivity index (χ4v) is 3.89. The Morgan fingerprint density at radius 2 is 2.08 bits per heavy atom. The molecule has 1 N–H and O–H groups in total. The molecular formula is C20H21NO5. The summed E-state index contributed by atoms with van der Waals surface area (Å²) in [7, 11) is 0. The van der Waals surface area contributed by atoms with Crippen LogP contribution in [0.4, 0.5) is 0 Å². The molecular weight excluding hydrogens is 334 g/mol. The van der Waals surface area contributed by atoms with Crippen molar-refractivity contribution in [2.45, 2.75) is 39.0 Å². The molecule has 0 saturated carbocycles. The molecule has 0 spiro atoms. The summed E-state index contributed by atoms with van der Waals surface area (Å²) in [5, 5.41) is 3.27. The Morgan fingerprint density at radius 3 is 2.88 bits per heavy atom. The fraction of sp³-hybridized carbons (Fsp3) is 0.400. The molecule has 0 unspecified atom stereocenters. The summed E-state index contributed by atoms with van der Waals surface area (Å²) in [4.78, 5) is 25.4. The van der Waals surface area contributed by atoms with E-state index in [2.05, 4.69) is 5.32 Å². The number of benzene rings is 1. The number of dihydropyridines is 1. The van der Waals surface area contributed by atoms with Crippen molar-refractivity contribution in [2.24, 2.45) is 0 Å². The lowest BCUT2D eigenvalue weighted by Gasteiger charge is -2.34. The molecule has 1 atom stereocenters. The van der Waals surface area contributed by atoms with Gasteiger partial charge in [-0.05, 0) is 44.4 Å². The van der Waals surface area contributed by atoms with Gasteiger partial charge in [-0.25, -0.2) is 4.79 Å². The van der Waals surface area contributed by atoms with Gasteiger partial charge in [0.05, 0.1) is 12.2 Å². The minimum absolute atomic E-state index is 0.0794. The van der Waals surface area contributed by atoms with Gasteiger partial charge >= 0.3 is 5.97 Å². The first kappa shape index (κ1) is 16.7. The molecule has 6 heteroatoms. The quantitative estimate of drug-likeness (QED) is 0.841. The zero-order valence-corrected chi connectivity index (χ0v) is 14.9. The van der Waals surface area contributed by atoms with E-state index in [0.29, 0.717) is 29.1 Å². The Balaban J connectivity index is 1.86. The number of nitrogens with one attached hydrogen (secondary N) is 1. The number of hydrogen-bond acceptors (Lipinski definition) is 6. The topological polar surface area (TPSA) is 73.9 Å². The number of ether oxygens (including phenoxy) is 3. The number of hydrogen-bond donors (Lipinski definition) is 1. The summed E-state index contributed by atoms with van der Waals surface area (Å²) < 4.78 is 16.2. The Bertz CT molecular complexity index is 852. The van der Waals surface area contributed by atoms with Crippen molar-refractivity contribution in [2.75, 3.05) is 13.4 Å². The van der Waals surface area contributed by atoms with Gasteiger partial charge in [0.1, 0.15) is 0 Å². The number of rotatable bonds is 3. The third kappa shape index (κ3) is 2.66. The number of esters is 1. The average Bonchev–Trinajstić information content (AvgIpc) is 3.08. The van der Waals surface area contributed by atoms with Gasteiger partial charge < -0.3 is 19.5 Å². The molecule has 2 aliphatic heterocycles. The van der Waals surface area contributed by atoms with Gasteiger partial charge in [-0.3, -0.25) is 4.79 Å². The molecule has 136 valence electrons. The number of Topliss-reactive ketones (excluding diaryl/α,β-unsaturated/α-hetero) is 1. The van der Waals surface area contributed by atoms with Gasteiger partial charge in [0.25, 0.3) is 0 Å². The maximum absolute atomic E-state index is 12.8. The van der Waals surface area contributed by atoms with Gasteiger partial charge in [0.15, 0.2) is 17.3 Å². The first-order valence-electron chi connectivity index (χ1n) is 8.90. The SMILES string of the molecule is CCOC(=O)C1=C(C)NC2=C(C(=O)CCC2)[C@@H]1c1ccc2c(c1)OCO2. The van der Waals surface area contributed by atoms with Crippen molar-refractivity contribution in [3.8, 4) is 11.5 Å². The molecule has 4 rings (SSSR count). The van der Waals surface area contributed by atoms with Crippen molar-refractivity contribution >= 4 is 11.8 Å². The van der Waals surface area contributed by atoms with Gasteiger partial charge in [0.2, 0.25) is 6.79 Å². The van der Waals surface area contributed by atoms with E-state index in [4.69, 9.17) is 14.2 Å². The molecule has 0 saturated heterocycles. The summed E-state index contributed by atoms with van der Waals surface area (Å²) in [6.45, 7) is 4.09. The Labute approximate surface area is 151 Å². The highest BCUT2D eigenvalue weighted by atomic mass is 16.7. The second kappa shape index (κ2) is 6.52. The van der Waals surface area contributed by atoms with Crippen LogP contribution in [0.25, 0.3) is 0 Å². The minimum atomic E-state index is -0.451. The first-order valence-corrected chi connectivity index (χ1v) is 8.90. The van der Waals surface area contributed by atoms with Crippen molar-refractivity contribution in [1.29, 1.82) is 0 Å². The van der Waals surface area contributed by atoms with Crippen molar-refractivity contribution in [1.82, 2.24) is 5.32 Å². The molecule has 0 amide bonds. The minimum Gasteiger partial charge on any atom is -0.463 e. The Hall–Kier alpha value is -2.76. The van der Waals surface area contributed by atoms with E-state index in [-0.39, 0.29) is 19.2 Å². The van der Waals surface area contributed by atoms with Gasteiger partial charge in [-0.2, -0.15) is 0 Å². The predicted molar refractivity (Wildman–Crippen MR) is 93.7 cm³/mol. The van der Waals surface area contributed by atoms with Crippen molar-refractivity contribution in [3.63, 3.8) is 0 Å². The monoisotopic (exact) mass is 355 g/mol. The van der Waals surface area contributed by atoms with Crippen LogP contribution in [-0.4, -0.2) is 25.2 Å². The van der Waals surface area contributed by atoms with Crippen LogP contribution in [0.1, 0.15) is 44.6 Å². The van der Waals surface area contributed by atoms with Crippen LogP contribution >= 0.6 is 0 Å². The van der Waals surface area contributed by atoms with E-state index < -0.39 is 11.9 Å². The summed E-state index contributed by atoms with van der Waals surface area (Å²) in [5.74, 6) is 0.533. The van der Waals surface area contributed by atoms with E-state index in [1.54, 1.807) is 6.92 Å². The lowest BCUT2D eigenvalue weighted by Crippen LogP contribution is -2.34. The number of carbonyl (C=O) groups excluding carboxylic acids is 2. The Kier molecular flexibility index (Phi) is 4.18. The molecule has 26 heavy (non-hydrogen) atoms. The standard InChI is InChI=1S/C20H21NO5/c1-3-24-20(23)17-11(2)21-13-5-4-6-14(22)19(13)18(17)12-7-8-15-16(9-12)26-10-25-15/h7-9,18,21H,3-6,10H2,1-2H3/t18-/m1/s1. The molecule has 6 nitrogen and oxygen atoms in total. The van der Waals surface area contributed by atoms with Crippen LogP contribution in [0.15, 0.2) is 40.7 Å². The molecule has 1 aromatic carbocycles. The van der Waals surface area contributed by atoms with E-state index in [9.17, 15) is 9.59 Å². The lowest BCUT2D eigenvalue weighted by molar-refractivity contribution is -0.138. The molecule has 0 bridgehead atoms. The van der Waals surface area contributed by atoms with Crippen LogP contribution in [0, 0.1) is 0 Å². The van der Waals surface area contributed by atoms with E-state index >= 15 is 0 Å². The van der Waals surface area contributed by atoms with Gasteiger partial charge in [0, 0.05) is 29.3 Å². The molecule has 0 aromatic heterocycles. The maximum atomic E-state index is 12.8. The molecule has 1 aromatic rings. The third-order valence-electron chi connectivity index (χ3n) is 5.00. The van der Waals surface area contributed by atoms with Gasteiger partial charge in [-0.15, -0.1) is 0 Å². The van der Waals surface area contributed by atoms with Crippen LogP contribution in [0.5, 0.6) is 11.5 Å². The lowest BCUT2D eigenvalue weighted by atomic mass is 9.75. The van der Waals surface area contributed by atoms with Crippen LogP contribution in [0.2, 0.25) is 0 Å². The van der Waals surface area contributed by atoms with Crippen LogP contribution < -0.4 is 14.8 Å². The summed E-state index contributed by atoms with van der Waals surface area (Å²) in [6.07, 6.45) is 2.12. The average molecular weight is 355 g/mol. The zero-order valence-electron chi connectivity index (χ0n) is 14.9. The second-order valence-electron chi connectivity index (χ2n) is 6.60. The number of fused-ring (bicyclic) bond motifs is 1. The summed E-state index contributed by atoms with van der Waals surface area (Å²) in [6, 6.07) is 5.57. The molecule has 1 aliphatic carbocycles. The maximum Gasteiger partial charge on any atom is 0.336 e. The normalized spacial score (nSPS) is 21.5. The molecule has 2 heterocycles. The fourth-order valence-electron chi connectivity index (χ4n) is 3.89. The molecule has 0 radical (unpaired) electrons.